The van der Waals surface area contributed by atoms with Gasteiger partial charge in [-0.25, -0.2) is 0 Å². The van der Waals surface area contributed by atoms with Crippen LogP contribution in [0, 0.1) is 6.92 Å². The summed E-state index contributed by atoms with van der Waals surface area (Å²) in [5, 5.41) is 9.57. The van der Waals surface area contributed by atoms with Crippen LogP contribution in [0.5, 0.6) is 5.75 Å². The minimum absolute atomic E-state index is 0.371. The summed E-state index contributed by atoms with van der Waals surface area (Å²) >= 11 is 1.72. The summed E-state index contributed by atoms with van der Waals surface area (Å²) in [5.74, 6) is 2.60. The van der Waals surface area contributed by atoms with E-state index in [1.165, 1.54) is 5.56 Å². The van der Waals surface area contributed by atoms with Crippen molar-refractivity contribution in [3.63, 3.8) is 0 Å². The van der Waals surface area contributed by atoms with Gasteiger partial charge in [-0.3, -0.25) is 0 Å². The third-order valence-corrected chi connectivity index (χ3v) is 2.98. The lowest BCUT2D eigenvalue weighted by atomic mass is 10.2. The van der Waals surface area contributed by atoms with E-state index in [0.717, 1.165) is 17.3 Å². The molecule has 1 N–H and O–H groups in total. The zero-order valence-electron chi connectivity index (χ0n) is 9.27. The molecule has 0 spiro atoms. The second-order valence-corrected chi connectivity index (χ2v) is 4.76. The molecular weight excluding hydrogens is 208 g/mol. The number of benzene rings is 1. The predicted octanol–water partition coefficient (Wildman–Crippen LogP) is 2.49. The lowest BCUT2D eigenvalue weighted by Crippen LogP contribution is -2.20. The fraction of sp³-hybridized carbons (Fsp3) is 0.500. The quantitative estimate of drug-likeness (QED) is 0.808. The first kappa shape index (κ1) is 12.4. The van der Waals surface area contributed by atoms with Crippen LogP contribution in [0.25, 0.3) is 0 Å². The second-order valence-electron chi connectivity index (χ2n) is 3.44. The number of hydrogen-bond donors (Lipinski definition) is 1. The van der Waals surface area contributed by atoms with Crippen molar-refractivity contribution in [2.75, 3.05) is 18.1 Å². The minimum atomic E-state index is -0.379. The first-order chi connectivity index (χ1) is 7.22. The fourth-order valence-corrected chi connectivity index (χ4v) is 1.80. The third kappa shape index (κ3) is 5.09. The summed E-state index contributed by atoms with van der Waals surface area (Å²) in [6.07, 6.45) is -0.379. The Kier molecular flexibility index (Phi) is 5.58. The van der Waals surface area contributed by atoms with Gasteiger partial charge in [-0.1, -0.05) is 19.1 Å². The molecule has 15 heavy (non-hydrogen) atoms. The monoisotopic (exact) mass is 226 g/mol. The van der Waals surface area contributed by atoms with Crippen molar-refractivity contribution >= 4 is 11.8 Å². The maximum atomic E-state index is 9.57. The van der Waals surface area contributed by atoms with E-state index in [4.69, 9.17) is 4.74 Å². The van der Waals surface area contributed by atoms with Crippen molar-refractivity contribution in [2.24, 2.45) is 0 Å². The lowest BCUT2D eigenvalue weighted by Gasteiger charge is -2.11. The van der Waals surface area contributed by atoms with E-state index in [-0.39, 0.29) is 6.10 Å². The molecule has 2 nitrogen and oxygen atoms in total. The van der Waals surface area contributed by atoms with Gasteiger partial charge in [-0.15, -0.1) is 0 Å². The maximum absolute atomic E-state index is 9.57. The summed E-state index contributed by atoms with van der Waals surface area (Å²) in [6.45, 7) is 4.48. The molecule has 0 bridgehead atoms. The largest absolute Gasteiger partial charge is 0.491 e. The number of rotatable bonds is 6. The molecule has 0 aliphatic heterocycles. The molecular formula is C12H18O2S. The molecule has 0 radical (unpaired) electrons. The van der Waals surface area contributed by atoms with Crippen molar-refractivity contribution in [1.82, 2.24) is 0 Å². The smallest absolute Gasteiger partial charge is 0.119 e. The number of hydrogen-bond acceptors (Lipinski definition) is 3. The predicted molar refractivity (Wildman–Crippen MR) is 65.7 cm³/mol. The van der Waals surface area contributed by atoms with E-state index in [1.807, 2.05) is 31.2 Å². The molecule has 0 heterocycles. The molecule has 1 unspecified atom stereocenters. The van der Waals surface area contributed by atoms with E-state index in [9.17, 15) is 5.11 Å². The van der Waals surface area contributed by atoms with Crippen molar-refractivity contribution in [3.05, 3.63) is 29.8 Å². The van der Waals surface area contributed by atoms with Crippen molar-refractivity contribution in [3.8, 4) is 5.75 Å². The topological polar surface area (TPSA) is 29.5 Å². The molecule has 0 fully saturated rings. The Balaban J connectivity index is 2.30. The van der Waals surface area contributed by atoms with Gasteiger partial charge >= 0.3 is 0 Å². The zero-order chi connectivity index (χ0) is 11.1. The highest BCUT2D eigenvalue weighted by Crippen LogP contribution is 2.13. The number of aryl methyl sites for hydroxylation is 1. The van der Waals surface area contributed by atoms with Crippen LogP contribution in [0.2, 0.25) is 0 Å². The molecule has 84 valence electrons. The Morgan fingerprint density at radius 2 is 2.27 bits per heavy atom. The van der Waals surface area contributed by atoms with E-state index >= 15 is 0 Å². The molecule has 0 aliphatic rings. The summed E-state index contributed by atoms with van der Waals surface area (Å²) in [7, 11) is 0. The first-order valence-corrected chi connectivity index (χ1v) is 6.33. The Labute approximate surface area is 95.7 Å². The Morgan fingerprint density at radius 3 is 2.93 bits per heavy atom. The number of aliphatic hydroxyl groups is 1. The van der Waals surface area contributed by atoms with E-state index in [1.54, 1.807) is 11.8 Å². The minimum Gasteiger partial charge on any atom is -0.491 e. The highest BCUT2D eigenvalue weighted by molar-refractivity contribution is 7.99. The molecule has 0 saturated heterocycles. The van der Waals surface area contributed by atoms with Crippen LogP contribution < -0.4 is 4.74 Å². The molecule has 1 aromatic rings. The van der Waals surface area contributed by atoms with Crippen LogP contribution in [-0.2, 0) is 0 Å². The Morgan fingerprint density at radius 1 is 1.47 bits per heavy atom. The molecule has 3 heteroatoms. The molecule has 0 amide bonds. The van der Waals surface area contributed by atoms with Gasteiger partial charge in [0.05, 0.1) is 6.10 Å². The van der Waals surface area contributed by atoms with Gasteiger partial charge in [-0.05, 0) is 30.4 Å². The van der Waals surface area contributed by atoms with Crippen molar-refractivity contribution < 1.29 is 9.84 Å². The molecule has 1 aromatic carbocycles. The summed E-state index contributed by atoms with van der Waals surface area (Å²) in [4.78, 5) is 0. The highest BCUT2D eigenvalue weighted by atomic mass is 32.2. The van der Waals surface area contributed by atoms with Gasteiger partial charge in [0.2, 0.25) is 0 Å². The van der Waals surface area contributed by atoms with Crippen LogP contribution in [0.4, 0.5) is 0 Å². The van der Waals surface area contributed by atoms with Gasteiger partial charge < -0.3 is 9.84 Å². The van der Waals surface area contributed by atoms with Crippen molar-refractivity contribution in [2.45, 2.75) is 20.0 Å². The molecule has 0 aromatic heterocycles. The van der Waals surface area contributed by atoms with Crippen LogP contribution in [-0.4, -0.2) is 29.3 Å². The van der Waals surface area contributed by atoms with Crippen LogP contribution in [0.15, 0.2) is 24.3 Å². The molecule has 1 rings (SSSR count). The van der Waals surface area contributed by atoms with Crippen LogP contribution in [0.3, 0.4) is 0 Å². The van der Waals surface area contributed by atoms with Gasteiger partial charge in [-0.2, -0.15) is 11.8 Å². The maximum Gasteiger partial charge on any atom is 0.119 e. The summed E-state index contributed by atoms with van der Waals surface area (Å²) in [6, 6.07) is 7.86. The zero-order valence-corrected chi connectivity index (χ0v) is 10.1. The van der Waals surface area contributed by atoms with Crippen LogP contribution in [0.1, 0.15) is 12.5 Å². The molecule has 0 saturated carbocycles. The lowest BCUT2D eigenvalue weighted by molar-refractivity contribution is 0.126. The second kappa shape index (κ2) is 6.75. The molecule has 0 aliphatic carbocycles. The Hall–Kier alpha value is -0.670. The van der Waals surface area contributed by atoms with Gasteiger partial charge in [0.25, 0.3) is 0 Å². The van der Waals surface area contributed by atoms with Crippen LogP contribution >= 0.6 is 11.8 Å². The van der Waals surface area contributed by atoms with Crippen molar-refractivity contribution in [1.29, 1.82) is 0 Å². The average Bonchev–Trinajstić information content (AvgIpc) is 2.23. The standard InChI is InChI=1S/C12H18O2S/c1-3-15-9-11(13)8-14-12-6-4-5-10(2)7-12/h4-7,11,13H,3,8-9H2,1-2H3. The third-order valence-electron chi connectivity index (χ3n) is 1.95. The highest BCUT2D eigenvalue weighted by Gasteiger charge is 2.04. The molecule has 1 atom stereocenters. The van der Waals surface area contributed by atoms with Gasteiger partial charge in [0, 0.05) is 5.75 Å². The van der Waals surface area contributed by atoms with Gasteiger partial charge in [0.1, 0.15) is 12.4 Å². The number of thioether (sulfide) groups is 1. The van der Waals surface area contributed by atoms with Gasteiger partial charge in [0.15, 0.2) is 0 Å². The SMILES string of the molecule is CCSCC(O)COc1cccc(C)c1. The summed E-state index contributed by atoms with van der Waals surface area (Å²) in [5.41, 5.74) is 1.17. The summed E-state index contributed by atoms with van der Waals surface area (Å²) < 4.78 is 5.48. The fourth-order valence-electron chi connectivity index (χ4n) is 1.20. The van der Waals surface area contributed by atoms with E-state index in [2.05, 4.69) is 6.92 Å². The number of aliphatic hydroxyl groups excluding tert-OH is 1. The first-order valence-electron chi connectivity index (χ1n) is 5.17. The average molecular weight is 226 g/mol. The van der Waals surface area contributed by atoms with E-state index < -0.39 is 0 Å². The van der Waals surface area contributed by atoms with E-state index in [0.29, 0.717) is 6.61 Å². The normalized spacial score (nSPS) is 12.5. The number of ether oxygens (including phenoxy) is 1. The Bertz CT molecular complexity index is 289.